The van der Waals surface area contributed by atoms with Crippen LogP contribution in [0.5, 0.6) is 0 Å². The molecule has 1 atom stereocenters. The molecule has 0 heterocycles. The standard InChI is InChI=1S/C13H20ClFN2/c1-8(2)4-5-9(3)17-13-7-11(15)10(14)6-12(13)16/h6-9,17H,4-5,16H2,1-3H3. The first-order chi connectivity index (χ1) is 7.90. The van der Waals surface area contributed by atoms with Gasteiger partial charge >= 0.3 is 0 Å². The minimum Gasteiger partial charge on any atom is -0.397 e. The Morgan fingerprint density at radius 2 is 1.94 bits per heavy atom. The second kappa shape index (κ2) is 6.10. The van der Waals surface area contributed by atoms with Crippen molar-refractivity contribution in [2.45, 2.75) is 39.7 Å². The number of rotatable bonds is 5. The van der Waals surface area contributed by atoms with Crippen molar-refractivity contribution in [1.82, 2.24) is 0 Å². The van der Waals surface area contributed by atoms with Gasteiger partial charge in [-0.1, -0.05) is 25.4 Å². The van der Waals surface area contributed by atoms with Gasteiger partial charge in [0.1, 0.15) is 5.82 Å². The zero-order valence-electron chi connectivity index (χ0n) is 10.6. The lowest BCUT2D eigenvalue weighted by Crippen LogP contribution is -2.17. The van der Waals surface area contributed by atoms with E-state index < -0.39 is 5.82 Å². The lowest BCUT2D eigenvalue weighted by atomic mass is 10.0. The van der Waals surface area contributed by atoms with Crippen molar-refractivity contribution in [3.63, 3.8) is 0 Å². The molecule has 0 aliphatic heterocycles. The van der Waals surface area contributed by atoms with Crippen LogP contribution in [0.3, 0.4) is 0 Å². The third-order valence-electron chi connectivity index (χ3n) is 2.67. The first kappa shape index (κ1) is 14.1. The largest absolute Gasteiger partial charge is 0.397 e. The van der Waals surface area contributed by atoms with Crippen molar-refractivity contribution in [2.24, 2.45) is 5.92 Å². The first-order valence-electron chi connectivity index (χ1n) is 5.91. The number of halogens is 2. The van der Waals surface area contributed by atoms with E-state index in [1.807, 2.05) is 0 Å². The van der Waals surface area contributed by atoms with E-state index in [-0.39, 0.29) is 11.1 Å². The number of anilines is 2. The highest BCUT2D eigenvalue weighted by Crippen LogP contribution is 2.27. The van der Waals surface area contributed by atoms with Crippen molar-refractivity contribution >= 4 is 23.0 Å². The number of hydrogen-bond acceptors (Lipinski definition) is 2. The summed E-state index contributed by atoms with van der Waals surface area (Å²) >= 11 is 5.64. The molecule has 4 heteroatoms. The van der Waals surface area contributed by atoms with E-state index in [1.54, 1.807) is 0 Å². The fraction of sp³-hybridized carbons (Fsp3) is 0.538. The Labute approximate surface area is 107 Å². The fourth-order valence-electron chi connectivity index (χ4n) is 1.61. The molecule has 0 radical (unpaired) electrons. The van der Waals surface area contributed by atoms with Gasteiger partial charge in [-0.25, -0.2) is 4.39 Å². The number of benzene rings is 1. The molecule has 1 aromatic carbocycles. The molecule has 1 rings (SSSR count). The Morgan fingerprint density at radius 3 is 2.53 bits per heavy atom. The molecule has 3 N–H and O–H groups in total. The van der Waals surface area contributed by atoms with Gasteiger partial charge in [0.25, 0.3) is 0 Å². The van der Waals surface area contributed by atoms with Crippen LogP contribution in [-0.4, -0.2) is 6.04 Å². The number of nitrogen functional groups attached to an aromatic ring is 1. The zero-order valence-corrected chi connectivity index (χ0v) is 11.3. The number of nitrogens with two attached hydrogens (primary N) is 1. The molecule has 0 aliphatic carbocycles. The van der Waals surface area contributed by atoms with Crippen LogP contribution in [0.4, 0.5) is 15.8 Å². The van der Waals surface area contributed by atoms with Crippen molar-refractivity contribution < 1.29 is 4.39 Å². The van der Waals surface area contributed by atoms with Crippen LogP contribution in [-0.2, 0) is 0 Å². The molecule has 0 aliphatic rings. The first-order valence-corrected chi connectivity index (χ1v) is 6.29. The van der Waals surface area contributed by atoms with E-state index in [4.69, 9.17) is 17.3 Å². The minimum absolute atomic E-state index is 0.0582. The third kappa shape index (κ3) is 4.43. The molecule has 0 saturated carbocycles. The summed E-state index contributed by atoms with van der Waals surface area (Å²) in [5.74, 6) is 0.220. The summed E-state index contributed by atoms with van der Waals surface area (Å²) in [6.45, 7) is 6.43. The van der Waals surface area contributed by atoms with Crippen molar-refractivity contribution in [1.29, 1.82) is 0 Å². The molecule has 0 bridgehead atoms. The van der Waals surface area contributed by atoms with Gasteiger partial charge in [-0.05, 0) is 31.7 Å². The molecule has 0 amide bonds. The minimum atomic E-state index is -0.445. The van der Waals surface area contributed by atoms with Gasteiger partial charge in [-0.15, -0.1) is 0 Å². The highest BCUT2D eigenvalue weighted by Gasteiger charge is 2.09. The van der Waals surface area contributed by atoms with Crippen LogP contribution < -0.4 is 11.1 Å². The summed E-state index contributed by atoms with van der Waals surface area (Å²) < 4.78 is 13.3. The van der Waals surface area contributed by atoms with Gasteiger partial charge in [-0.2, -0.15) is 0 Å². The molecule has 96 valence electrons. The maximum Gasteiger partial charge on any atom is 0.143 e. The summed E-state index contributed by atoms with van der Waals surface area (Å²) in [5.41, 5.74) is 6.87. The summed E-state index contributed by atoms with van der Waals surface area (Å²) in [4.78, 5) is 0. The van der Waals surface area contributed by atoms with E-state index in [0.717, 1.165) is 12.8 Å². The van der Waals surface area contributed by atoms with Crippen molar-refractivity contribution in [2.75, 3.05) is 11.1 Å². The van der Waals surface area contributed by atoms with Crippen LogP contribution in [0.2, 0.25) is 5.02 Å². The van der Waals surface area contributed by atoms with Crippen LogP contribution in [0.25, 0.3) is 0 Å². The Balaban J connectivity index is 2.65. The fourth-order valence-corrected chi connectivity index (χ4v) is 1.78. The second-order valence-corrected chi connectivity index (χ2v) is 5.28. The molecule has 0 saturated heterocycles. The Hall–Kier alpha value is -0.960. The predicted octanol–water partition coefficient (Wildman–Crippen LogP) is 4.30. The monoisotopic (exact) mass is 258 g/mol. The average Bonchev–Trinajstić information content (AvgIpc) is 2.23. The van der Waals surface area contributed by atoms with E-state index >= 15 is 0 Å². The summed E-state index contributed by atoms with van der Waals surface area (Å²) in [7, 11) is 0. The van der Waals surface area contributed by atoms with E-state index in [9.17, 15) is 4.39 Å². The summed E-state index contributed by atoms with van der Waals surface area (Å²) in [5, 5.41) is 3.27. The van der Waals surface area contributed by atoms with Gasteiger partial charge in [0, 0.05) is 12.1 Å². The maximum atomic E-state index is 13.3. The van der Waals surface area contributed by atoms with Crippen LogP contribution >= 0.6 is 11.6 Å². The van der Waals surface area contributed by atoms with Gasteiger partial charge in [0.15, 0.2) is 0 Å². The van der Waals surface area contributed by atoms with Crippen LogP contribution in [0.1, 0.15) is 33.6 Å². The maximum absolute atomic E-state index is 13.3. The van der Waals surface area contributed by atoms with Crippen LogP contribution in [0.15, 0.2) is 12.1 Å². The molecule has 1 unspecified atom stereocenters. The SMILES string of the molecule is CC(C)CCC(C)Nc1cc(F)c(Cl)cc1N. The molecule has 17 heavy (non-hydrogen) atoms. The zero-order chi connectivity index (χ0) is 13.0. The van der Waals surface area contributed by atoms with E-state index in [0.29, 0.717) is 17.3 Å². The van der Waals surface area contributed by atoms with Crippen molar-refractivity contribution in [3.05, 3.63) is 23.0 Å². The molecular weight excluding hydrogens is 239 g/mol. The Bertz CT molecular complexity index is 380. The second-order valence-electron chi connectivity index (χ2n) is 4.87. The third-order valence-corrected chi connectivity index (χ3v) is 2.96. The number of hydrogen-bond donors (Lipinski definition) is 2. The Kier molecular flexibility index (Phi) is 5.06. The summed E-state index contributed by atoms with van der Waals surface area (Å²) in [6.07, 6.45) is 2.16. The molecule has 0 spiro atoms. The molecule has 2 nitrogen and oxygen atoms in total. The summed E-state index contributed by atoms with van der Waals surface area (Å²) in [6, 6.07) is 3.05. The van der Waals surface area contributed by atoms with Gasteiger partial charge in [-0.3, -0.25) is 0 Å². The normalized spacial score (nSPS) is 12.8. The average molecular weight is 259 g/mol. The lowest BCUT2D eigenvalue weighted by Gasteiger charge is -2.18. The lowest BCUT2D eigenvalue weighted by molar-refractivity contribution is 0.527. The molecule has 0 fully saturated rings. The molecule has 0 aromatic heterocycles. The topological polar surface area (TPSA) is 38.0 Å². The highest BCUT2D eigenvalue weighted by molar-refractivity contribution is 6.31. The van der Waals surface area contributed by atoms with E-state index in [1.165, 1.54) is 12.1 Å². The van der Waals surface area contributed by atoms with Crippen molar-refractivity contribution in [3.8, 4) is 0 Å². The smallest absolute Gasteiger partial charge is 0.143 e. The Morgan fingerprint density at radius 1 is 1.29 bits per heavy atom. The molecule has 1 aromatic rings. The van der Waals surface area contributed by atoms with Gasteiger partial charge in [0.05, 0.1) is 16.4 Å². The molecular formula is C13H20ClFN2. The highest BCUT2D eigenvalue weighted by atomic mass is 35.5. The van der Waals surface area contributed by atoms with E-state index in [2.05, 4.69) is 26.1 Å². The van der Waals surface area contributed by atoms with Gasteiger partial charge in [0.2, 0.25) is 0 Å². The number of nitrogens with one attached hydrogen (secondary N) is 1. The van der Waals surface area contributed by atoms with Gasteiger partial charge < -0.3 is 11.1 Å². The van der Waals surface area contributed by atoms with Crippen LogP contribution in [0, 0.1) is 11.7 Å². The quantitative estimate of drug-likeness (QED) is 0.773. The predicted molar refractivity (Wildman–Crippen MR) is 73.0 cm³/mol.